The Hall–Kier alpha value is -5.36. The van der Waals surface area contributed by atoms with Gasteiger partial charge in [0, 0.05) is 104 Å². The van der Waals surface area contributed by atoms with Crippen molar-refractivity contribution in [1.82, 2.24) is 24.5 Å². The number of fused-ring (bicyclic) bond motifs is 1. The van der Waals surface area contributed by atoms with Crippen molar-refractivity contribution in [2.45, 2.75) is 80.6 Å². The van der Waals surface area contributed by atoms with Crippen LogP contribution in [0.25, 0.3) is 16.6 Å². The second-order valence-corrected chi connectivity index (χ2v) is 27.7. The van der Waals surface area contributed by atoms with Gasteiger partial charge in [0.25, 0.3) is 31.7 Å². The lowest BCUT2D eigenvalue weighted by Crippen LogP contribution is -2.47. The Balaban J connectivity index is 0.911. The van der Waals surface area contributed by atoms with Crippen molar-refractivity contribution in [3.8, 4) is 11.5 Å². The highest BCUT2D eigenvalue weighted by molar-refractivity contribution is 8.00. The van der Waals surface area contributed by atoms with Gasteiger partial charge in [-0.1, -0.05) is 53.3 Å². The van der Waals surface area contributed by atoms with E-state index in [-0.39, 0.29) is 34.3 Å². The summed E-state index contributed by atoms with van der Waals surface area (Å²) in [5, 5.41) is 4.20. The number of amides is 2. The Morgan fingerprint density at radius 2 is 1.68 bits per heavy atom. The maximum Gasteiger partial charge on any atom is 0.501 e. The van der Waals surface area contributed by atoms with Gasteiger partial charge in [-0.05, 0) is 117 Å². The predicted octanol–water partition coefficient (Wildman–Crippen LogP) is 9.19. The predicted molar refractivity (Wildman–Crippen MR) is 287 cm³/mol. The van der Waals surface area contributed by atoms with E-state index < -0.39 is 62.9 Å². The van der Waals surface area contributed by atoms with Crippen molar-refractivity contribution in [2.75, 3.05) is 74.1 Å². The Kier molecular flexibility index (Phi) is 15.7. The van der Waals surface area contributed by atoms with E-state index in [1.165, 1.54) is 29.0 Å². The summed E-state index contributed by atoms with van der Waals surface area (Å²) < 4.78 is 120. The number of nitrogens with one attached hydrogen (secondary N) is 3. The average molecular weight is 1120 g/mol. The van der Waals surface area contributed by atoms with Gasteiger partial charge >= 0.3 is 5.51 Å². The second-order valence-electron chi connectivity index (χ2n) is 20.8. The van der Waals surface area contributed by atoms with E-state index >= 15 is 0 Å². The van der Waals surface area contributed by atoms with Crippen LogP contribution < -0.4 is 19.7 Å². The molecule has 75 heavy (non-hydrogen) atoms. The van der Waals surface area contributed by atoms with Gasteiger partial charge in [0.2, 0.25) is 0 Å². The van der Waals surface area contributed by atoms with Crippen molar-refractivity contribution in [1.29, 1.82) is 0 Å². The number of anilines is 2. The largest absolute Gasteiger partial charge is 0.501 e. The molecule has 1 saturated carbocycles. The van der Waals surface area contributed by atoms with E-state index in [0.29, 0.717) is 78.5 Å². The van der Waals surface area contributed by atoms with Gasteiger partial charge in [-0.2, -0.15) is 17.5 Å². The fourth-order valence-corrected chi connectivity index (χ4v) is 14.1. The highest BCUT2D eigenvalue weighted by atomic mass is 35.5. The number of benzene rings is 3. The van der Waals surface area contributed by atoms with E-state index in [1.807, 2.05) is 21.8 Å². The van der Waals surface area contributed by atoms with Crippen LogP contribution in [0.4, 0.5) is 24.5 Å². The Labute approximate surface area is 441 Å². The van der Waals surface area contributed by atoms with Crippen LogP contribution in [0.15, 0.2) is 105 Å². The zero-order chi connectivity index (χ0) is 53.5. The van der Waals surface area contributed by atoms with E-state index in [2.05, 4.69) is 55.4 Å². The van der Waals surface area contributed by atoms with Gasteiger partial charge in [-0.15, -0.1) is 0 Å². The first-order valence-corrected chi connectivity index (χ1v) is 30.4. The zero-order valence-corrected chi connectivity index (χ0v) is 45.2. The summed E-state index contributed by atoms with van der Waals surface area (Å²) in [6.07, 6.45) is 8.06. The second kappa shape index (κ2) is 21.6. The number of sulfone groups is 1. The van der Waals surface area contributed by atoms with Gasteiger partial charge in [-0.3, -0.25) is 14.5 Å². The lowest BCUT2D eigenvalue weighted by atomic mass is 9.72. The number of carbonyl (C=O) groups excluding carboxylic acids is 2. The monoisotopic (exact) mass is 1110 g/mol. The number of nitrogens with zero attached hydrogens (tertiary/aromatic N) is 5. The molecule has 4 N–H and O–H groups in total. The minimum Gasteiger partial charge on any atom is -0.455 e. The van der Waals surface area contributed by atoms with Crippen LogP contribution >= 0.6 is 11.6 Å². The molecule has 3 fully saturated rings. The lowest BCUT2D eigenvalue weighted by molar-refractivity contribution is -0.118. The lowest BCUT2D eigenvalue weighted by Gasteiger charge is -2.39. The zero-order valence-electron chi connectivity index (χ0n) is 41.9. The minimum absolute atomic E-state index is 0.0312. The molecule has 4 heterocycles. The molecule has 0 spiro atoms. The molecular formula is C52H62ClF3N8O8S3. The molecule has 2 aromatic heterocycles. The number of H-pyrrole nitrogens is 1. The molecule has 23 heteroatoms. The van der Waals surface area contributed by atoms with E-state index in [0.717, 1.165) is 63.9 Å². The van der Waals surface area contributed by atoms with Gasteiger partial charge in [0.15, 0.2) is 0 Å². The molecule has 0 radical (unpaired) electrons. The molecule has 0 bridgehead atoms. The van der Waals surface area contributed by atoms with Crippen molar-refractivity contribution < 1.29 is 48.9 Å². The van der Waals surface area contributed by atoms with Crippen molar-refractivity contribution in [2.24, 2.45) is 15.7 Å². The molecule has 404 valence electrons. The molecule has 2 saturated heterocycles. The maximum absolute atomic E-state index is 14.2. The van der Waals surface area contributed by atoms with Gasteiger partial charge in [0.1, 0.15) is 22.0 Å². The van der Waals surface area contributed by atoms with Crippen molar-refractivity contribution >= 4 is 81.4 Å². The number of pyridine rings is 1. The van der Waals surface area contributed by atoms with E-state index in [1.54, 1.807) is 37.4 Å². The number of aromatic nitrogens is 2. The number of thiol groups is 1. The highest BCUT2D eigenvalue weighted by Crippen LogP contribution is 2.44. The quantitative estimate of drug-likeness (QED) is 0.0585. The van der Waals surface area contributed by atoms with Gasteiger partial charge in [0.05, 0.1) is 22.3 Å². The van der Waals surface area contributed by atoms with Crippen LogP contribution in [0.5, 0.6) is 11.5 Å². The van der Waals surface area contributed by atoms with E-state index in [9.17, 15) is 44.1 Å². The summed E-state index contributed by atoms with van der Waals surface area (Å²) in [6, 6.07) is 17.8. The smallest absolute Gasteiger partial charge is 0.455 e. The molecule has 2 aliphatic heterocycles. The molecule has 9 rings (SSSR count). The number of aromatic amines is 1. The maximum atomic E-state index is 14.2. The van der Waals surface area contributed by atoms with Crippen molar-refractivity contribution in [3.05, 3.63) is 107 Å². The van der Waals surface area contributed by atoms with Crippen LogP contribution in [0.1, 0.15) is 75.2 Å². The topological polar surface area (TPSA) is 207 Å². The molecule has 16 nitrogen and oxygen atoms in total. The number of alkyl halides is 3. The van der Waals surface area contributed by atoms with Gasteiger partial charge in [-0.25, -0.2) is 26.5 Å². The summed E-state index contributed by atoms with van der Waals surface area (Å²) in [6.45, 7) is 11.1. The molecule has 4 aliphatic rings. The SMILES string of the molecule is C[C@@H](CCN1CC[SH](O)(=NC(=O)C2CC2)CC1)Nc1ccc(S(=O)(=O)NC(=O)c2ccc(N3CCN(CC4=C(c5ccc(Cl)cc5)CC(C)(C)CC4)CC3)cc2Oc2cnc3[nH]ccc3c2)cc1S(=O)(=O)C(F)(F)F. The number of ether oxygens (including phenoxy) is 1. The number of rotatable bonds is 16. The first-order valence-electron chi connectivity index (χ1n) is 25.0. The van der Waals surface area contributed by atoms with Crippen LogP contribution in [0.2, 0.25) is 5.02 Å². The third-order valence-corrected chi connectivity index (χ3v) is 20.0. The van der Waals surface area contributed by atoms with Crippen LogP contribution in [0, 0.1) is 11.3 Å². The third-order valence-electron chi connectivity index (χ3n) is 14.5. The number of piperazine rings is 1. The summed E-state index contributed by atoms with van der Waals surface area (Å²) in [4.78, 5) is 38.1. The number of halogens is 4. The fourth-order valence-electron chi connectivity index (χ4n) is 9.81. The molecule has 5 aromatic rings. The van der Waals surface area contributed by atoms with Crippen LogP contribution in [0.3, 0.4) is 0 Å². The normalized spacial score (nSPS) is 19.6. The highest BCUT2D eigenvalue weighted by Gasteiger charge is 2.48. The number of allylic oxidation sites excluding steroid dienone is 1. The van der Waals surface area contributed by atoms with E-state index in [4.69, 9.17) is 16.3 Å². The molecule has 3 aromatic carbocycles. The summed E-state index contributed by atoms with van der Waals surface area (Å²) in [5.74, 6) is -0.655. The molecule has 2 aliphatic carbocycles. The third kappa shape index (κ3) is 12.9. The summed E-state index contributed by atoms with van der Waals surface area (Å²) >= 11 is 6.24. The fraction of sp³-hybridized carbons (Fsp3) is 0.442. The number of hydrogen-bond acceptors (Lipinski definition) is 12. The molecule has 1 atom stereocenters. The van der Waals surface area contributed by atoms with Crippen LogP contribution in [-0.2, 0) is 34.8 Å². The number of sulfonamides is 1. The van der Waals surface area contributed by atoms with Crippen LogP contribution in [-0.4, -0.2) is 128 Å². The Morgan fingerprint density at radius 1 is 0.960 bits per heavy atom. The summed E-state index contributed by atoms with van der Waals surface area (Å²) in [5.41, 5.74) is -1.12. The van der Waals surface area contributed by atoms with Crippen molar-refractivity contribution in [3.63, 3.8) is 0 Å². The first kappa shape index (κ1) is 54.4. The first-order chi connectivity index (χ1) is 35.4. The average Bonchev–Trinajstić information content (AvgIpc) is 4.12. The standard InChI is InChI=1S/C52H62ClF3N8O8S3/c1-34(16-19-62-24-26-73(67,27-25-62)60-49(65)36-4-5-36)59-45-13-11-42(30-47(45)74(68,69)52(54,55)56)75(70,71)61-50(66)43-12-10-40(29-46(43)72-41-28-37-15-18-57-48(37)58-32-41)64-22-20-63(21-23-64)33-38-14-17-51(2,3)31-44(38)35-6-8-39(53)9-7-35/h6-13,15,18,28-30,32,34,36,59,73H,4-5,14,16-17,19-27,31,33H2,1-3H3,(H,57,58)(H,61,66)(H,60,65,67)/t34-/m0/s1. The van der Waals surface area contributed by atoms with Gasteiger partial charge < -0.3 is 29.4 Å². The minimum atomic E-state index is -6.13. The Morgan fingerprint density at radius 3 is 2.37 bits per heavy atom. The summed E-state index contributed by atoms with van der Waals surface area (Å²) in [7, 11) is -13.9. The molecular weight excluding hydrogens is 1050 g/mol. The Bertz CT molecular complexity index is 3290. The molecule has 0 unspecified atom stereocenters. The number of hydrogen-bond donors (Lipinski definition) is 5. The number of carbonyl (C=O) groups is 2. The molecule has 2 amide bonds.